The highest BCUT2D eigenvalue weighted by Crippen LogP contribution is 2.19. The van der Waals surface area contributed by atoms with Gasteiger partial charge in [0, 0.05) is 22.8 Å². The number of benzene rings is 2. The van der Waals surface area contributed by atoms with E-state index in [0.29, 0.717) is 17.1 Å². The Labute approximate surface area is 174 Å². The van der Waals surface area contributed by atoms with Gasteiger partial charge in [0.25, 0.3) is 11.5 Å². The van der Waals surface area contributed by atoms with Crippen LogP contribution in [0.1, 0.15) is 24.5 Å². The van der Waals surface area contributed by atoms with E-state index in [9.17, 15) is 9.59 Å². The van der Waals surface area contributed by atoms with E-state index >= 15 is 0 Å². The fraction of sp³-hybridized carbons (Fsp3) is 0.227. The Hall–Kier alpha value is -3.12. The molecule has 0 radical (unpaired) electrons. The molecule has 0 spiro atoms. The van der Waals surface area contributed by atoms with Gasteiger partial charge in [-0.15, -0.1) is 5.10 Å². The van der Waals surface area contributed by atoms with Gasteiger partial charge >= 0.3 is 0 Å². The first kappa shape index (κ1) is 20.6. The summed E-state index contributed by atoms with van der Waals surface area (Å²) in [6, 6.07) is 15.5. The van der Waals surface area contributed by atoms with E-state index in [-0.39, 0.29) is 17.3 Å². The maximum absolute atomic E-state index is 12.7. The number of aryl methyl sites for hydroxylation is 2. The monoisotopic (exact) mass is 411 g/mol. The Kier molecular flexibility index (Phi) is 6.34. The Morgan fingerprint density at radius 1 is 1.14 bits per heavy atom. The van der Waals surface area contributed by atoms with Gasteiger partial charge in [-0.25, -0.2) is 0 Å². The standard InChI is InChI=1S/C22H22ClN3O3/c1-4-19(22(28)24-17-8-6-5-7-14(17)2)29-20-11-12-21(27)26(25-20)18-13-16(23)10-9-15(18)3/h5-13,19H,4H2,1-3H3,(H,24,28)/t19-/m0/s1. The Bertz CT molecular complexity index is 1090. The van der Waals surface area contributed by atoms with Crippen LogP contribution in [-0.2, 0) is 4.79 Å². The molecule has 0 aliphatic rings. The average Bonchev–Trinajstić information content (AvgIpc) is 2.71. The van der Waals surface area contributed by atoms with Crippen molar-refractivity contribution in [3.8, 4) is 11.6 Å². The second-order valence-electron chi connectivity index (χ2n) is 6.67. The van der Waals surface area contributed by atoms with E-state index in [1.165, 1.54) is 16.8 Å². The first-order valence-electron chi connectivity index (χ1n) is 9.29. The molecular formula is C22H22ClN3O3. The minimum Gasteiger partial charge on any atom is -0.463 e. The van der Waals surface area contributed by atoms with Crippen molar-refractivity contribution in [1.82, 2.24) is 9.78 Å². The molecule has 0 fully saturated rings. The number of nitrogens with one attached hydrogen (secondary N) is 1. The molecule has 6 nitrogen and oxygen atoms in total. The van der Waals surface area contributed by atoms with Crippen molar-refractivity contribution in [1.29, 1.82) is 0 Å². The fourth-order valence-corrected chi connectivity index (χ4v) is 3.00. The highest BCUT2D eigenvalue weighted by atomic mass is 35.5. The lowest BCUT2D eigenvalue weighted by Gasteiger charge is -2.18. The van der Waals surface area contributed by atoms with Gasteiger partial charge in [-0.05, 0) is 49.6 Å². The molecule has 1 aromatic heterocycles. The highest BCUT2D eigenvalue weighted by Gasteiger charge is 2.20. The summed E-state index contributed by atoms with van der Waals surface area (Å²) in [4.78, 5) is 25.0. The number of aromatic nitrogens is 2. The van der Waals surface area contributed by atoms with E-state index in [4.69, 9.17) is 16.3 Å². The topological polar surface area (TPSA) is 73.2 Å². The molecule has 150 valence electrons. The van der Waals surface area contributed by atoms with Crippen LogP contribution in [-0.4, -0.2) is 21.8 Å². The molecule has 1 N–H and O–H groups in total. The Morgan fingerprint density at radius 3 is 2.62 bits per heavy atom. The Morgan fingerprint density at radius 2 is 1.90 bits per heavy atom. The maximum Gasteiger partial charge on any atom is 0.271 e. The molecule has 3 aromatic rings. The zero-order chi connectivity index (χ0) is 21.0. The molecule has 0 saturated heterocycles. The summed E-state index contributed by atoms with van der Waals surface area (Å²) >= 11 is 6.07. The summed E-state index contributed by atoms with van der Waals surface area (Å²) in [6.45, 7) is 5.62. The molecule has 1 amide bonds. The second kappa shape index (κ2) is 8.92. The number of carbonyl (C=O) groups excluding carboxylic acids is 1. The molecule has 1 heterocycles. The first-order valence-corrected chi connectivity index (χ1v) is 9.67. The van der Waals surface area contributed by atoms with Crippen molar-refractivity contribution >= 4 is 23.2 Å². The third-order valence-electron chi connectivity index (χ3n) is 4.50. The quantitative estimate of drug-likeness (QED) is 0.656. The van der Waals surface area contributed by atoms with Crippen LogP contribution in [0.5, 0.6) is 5.88 Å². The molecule has 0 bridgehead atoms. The number of nitrogens with zero attached hydrogens (tertiary/aromatic N) is 2. The van der Waals surface area contributed by atoms with Crippen molar-refractivity contribution in [2.75, 3.05) is 5.32 Å². The zero-order valence-corrected chi connectivity index (χ0v) is 17.2. The molecule has 7 heteroatoms. The highest BCUT2D eigenvalue weighted by molar-refractivity contribution is 6.30. The third-order valence-corrected chi connectivity index (χ3v) is 4.74. The fourth-order valence-electron chi connectivity index (χ4n) is 2.83. The van der Waals surface area contributed by atoms with Gasteiger partial charge in [0.05, 0.1) is 5.69 Å². The number of halogens is 1. The van der Waals surface area contributed by atoms with Crippen molar-refractivity contribution in [2.45, 2.75) is 33.3 Å². The molecule has 29 heavy (non-hydrogen) atoms. The normalized spacial score (nSPS) is 11.7. The van der Waals surface area contributed by atoms with Gasteiger partial charge < -0.3 is 10.1 Å². The summed E-state index contributed by atoms with van der Waals surface area (Å²) in [5, 5.41) is 7.66. The minimum atomic E-state index is -0.756. The number of anilines is 1. The van der Waals surface area contributed by atoms with Gasteiger partial charge in [0.1, 0.15) is 0 Å². The molecule has 1 atom stereocenters. The lowest BCUT2D eigenvalue weighted by atomic mass is 10.2. The van der Waals surface area contributed by atoms with Crippen LogP contribution in [0.4, 0.5) is 5.69 Å². The summed E-state index contributed by atoms with van der Waals surface area (Å²) in [6.07, 6.45) is -0.317. The van der Waals surface area contributed by atoms with Crippen LogP contribution < -0.4 is 15.6 Å². The van der Waals surface area contributed by atoms with Crippen molar-refractivity contribution in [3.63, 3.8) is 0 Å². The molecule has 0 aliphatic carbocycles. The van der Waals surface area contributed by atoms with E-state index in [2.05, 4.69) is 10.4 Å². The van der Waals surface area contributed by atoms with E-state index in [1.54, 1.807) is 12.1 Å². The number of ether oxygens (including phenoxy) is 1. The SMILES string of the molecule is CC[C@H](Oc1ccc(=O)n(-c2cc(Cl)ccc2C)n1)C(=O)Nc1ccccc1C. The van der Waals surface area contributed by atoms with E-state index in [1.807, 2.05) is 51.1 Å². The van der Waals surface area contributed by atoms with Gasteiger partial charge in [-0.2, -0.15) is 4.68 Å². The number of amides is 1. The molecule has 0 saturated carbocycles. The number of carbonyl (C=O) groups is 1. The molecular weight excluding hydrogens is 390 g/mol. The number of hydrogen-bond acceptors (Lipinski definition) is 4. The third kappa shape index (κ3) is 4.84. The van der Waals surface area contributed by atoms with Crippen molar-refractivity contribution in [2.24, 2.45) is 0 Å². The number of hydrogen-bond donors (Lipinski definition) is 1. The minimum absolute atomic E-state index is 0.177. The van der Waals surface area contributed by atoms with Crippen molar-refractivity contribution < 1.29 is 9.53 Å². The van der Waals surface area contributed by atoms with Gasteiger partial charge in [-0.1, -0.05) is 42.8 Å². The summed E-state index contributed by atoms with van der Waals surface area (Å²) in [5.74, 6) is -0.101. The summed E-state index contributed by atoms with van der Waals surface area (Å²) in [5.41, 5.74) is 2.77. The van der Waals surface area contributed by atoms with Crippen molar-refractivity contribution in [3.05, 3.63) is 81.1 Å². The maximum atomic E-state index is 12.7. The Balaban J connectivity index is 1.85. The van der Waals surface area contributed by atoms with Gasteiger partial charge in [-0.3, -0.25) is 9.59 Å². The first-order chi connectivity index (χ1) is 13.9. The van der Waals surface area contributed by atoms with E-state index in [0.717, 1.165) is 16.8 Å². The molecule has 0 aliphatic heterocycles. The molecule has 0 unspecified atom stereocenters. The summed E-state index contributed by atoms with van der Waals surface area (Å²) < 4.78 is 7.03. The van der Waals surface area contributed by atoms with Crippen LogP contribution in [0, 0.1) is 13.8 Å². The smallest absolute Gasteiger partial charge is 0.271 e. The van der Waals surface area contributed by atoms with Crippen LogP contribution in [0.2, 0.25) is 5.02 Å². The van der Waals surface area contributed by atoms with E-state index < -0.39 is 6.10 Å². The molecule has 2 aromatic carbocycles. The largest absolute Gasteiger partial charge is 0.463 e. The van der Waals surface area contributed by atoms with Crippen LogP contribution in [0.25, 0.3) is 5.69 Å². The zero-order valence-electron chi connectivity index (χ0n) is 16.5. The van der Waals surface area contributed by atoms with Gasteiger partial charge in [0.15, 0.2) is 6.10 Å². The number of rotatable bonds is 6. The van der Waals surface area contributed by atoms with Gasteiger partial charge in [0.2, 0.25) is 5.88 Å². The molecule has 3 rings (SSSR count). The average molecular weight is 412 g/mol. The van der Waals surface area contributed by atoms with Crippen LogP contribution in [0.3, 0.4) is 0 Å². The second-order valence-corrected chi connectivity index (χ2v) is 7.11. The summed E-state index contributed by atoms with van der Waals surface area (Å²) in [7, 11) is 0. The van der Waals surface area contributed by atoms with Crippen LogP contribution >= 0.6 is 11.6 Å². The van der Waals surface area contributed by atoms with Crippen LogP contribution in [0.15, 0.2) is 59.4 Å². The predicted octanol–water partition coefficient (Wildman–Crippen LogP) is 4.30. The number of para-hydroxylation sites is 1. The predicted molar refractivity (Wildman–Crippen MR) is 114 cm³/mol. The lowest BCUT2D eigenvalue weighted by molar-refractivity contribution is -0.123. The lowest BCUT2D eigenvalue weighted by Crippen LogP contribution is -2.33.